The van der Waals surface area contributed by atoms with Gasteiger partial charge < -0.3 is 9.80 Å². The minimum Gasteiger partial charge on any atom is -0.353 e. The van der Waals surface area contributed by atoms with Crippen molar-refractivity contribution in [2.24, 2.45) is 0 Å². The van der Waals surface area contributed by atoms with Gasteiger partial charge in [0.2, 0.25) is 0 Å². The van der Waals surface area contributed by atoms with Crippen LogP contribution in [0.2, 0.25) is 0 Å². The molecule has 0 spiro atoms. The second-order valence-corrected chi connectivity index (χ2v) is 7.29. The Labute approximate surface area is 160 Å². The van der Waals surface area contributed by atoms with E-state index in [4.69, 9.17) is 0 Å². The van der Waals surface area contributed by atoms with Gasteiger partial charge in [-0.05, 0) is 38.4 Å². The highest BCUT2D eigenvalue weighted by Crippen LogP contribution is 2.19. The van der Waals surface area contributed by atoms with Crippen LogP contribution in [0, 0.1) is 20.8 Å². The number of aryl methyl sites for hydroxylation is 3. The summed E-state index contributed by atoms with van der Waals surface area (Å²) in [4.78, 5) is 26.0. The van der Waals surface area contributed by atoms with E-state index in [2.05, 4.69) is 29.6 Å². The van der Waals surface area contributed by atoms with Gasteiger partial charge in [0.1, 0.15) is 17.0 Å². The zero-order valence-corrected chi connectivity index (χ0v) is 16.3. The van der Waals surface area contributed by atoms with Crippen molar-refractivity contribution >= 4 is 23.3 Å². The van der Waals surface area contributed by atoms with Gasteiger partial charge in [0, 0.05) is 37.9 Å². The van der Waals surface area contributed by atoms with E-state index in [0.29, 0.717) is 36.8 Å². The number of hydrogen-bond donors (Lipinski definition) is 0. The van der Waals surface area contributed by atoms with Crippen molar-refractivity contribution in [3.63, 3.8) is 0 Å². The van der Waals surface area contributed by atoms with Crippen molar-refractivity contribution in [2.45, 2.75) is 20.8 Å². The molecular formula is C17H20N8OS. The van der Waals surface area contributed by atoms with Crippen LogP contribution in [0.1, 0.15) is 26.8 Å². The summed E-state index contributed by atoms with van der Waals surface area (Å²) >= 11 is 1.16. The lowest BCUT2D eigenvalue weighted by molar-refractivity contribution is 0.0750. The molecule has 1 aliphatic rings. The molecule has 4 heterocycles. The van der Waals surface area contributed by atoms with Gasteiger partial charge in [0.05, 0.1) is 11.4 Å². The van der Waals surface area contributed by atoms with Crippen LogP contribution in [-0.4, -0.2) is 66.3 Å². The second kappa shape index (κ2) is 7.03. The van der Waals surface area contributed by atoms with Crippen molar-refractivity contribution in [3.8, 4) is 5.82 Å². The molecular weight excluding hydrogens is 364 g/mol. The Morgan fingerprint density at radius 3 is 2.41 bits per heavy atom. The van der Waals surface area contributed by atoms with E-state index in [9.17, 15) is 4.79 Å². The van der Waals surface area contributed by atoms with Gasteiger partial charge in [0.25, 0.3) is 5.91 Å². The topological polar surface area (TPSA) is 92.9 Å². The molecule has 0 aliphatic carbocycles. The lowest BCUT2D eigenvalue weighted by Crippen LogP contribution is -2.49. The molecule has 0 aromatic carbocycles. The first-order chi connectivity index (χ1) is 13.0. The van der Waals surface area contributed by atoms with Gasteiger partial charge in [-0.25, -0.2) is 14.6 Å². The van der Waals surface area contributed by atoms with Crippen molar-refractivity contribution in [3.05, 3.63) is 40.4 Å². The molecule has 1 fully saturated rings. The average molecular weight is 384 g/mol. The molecule has 3 aromatic heterocycles. The first-order valence-electron chi connectivity index (χ1n) is 8.72. The van der Waals surface area contributed by atoms with Gasteiger partial charge in [0.15, 0.2) is 5.82 Å². The van der Waals surface area contributed by atoms with Crippen molar-refractivity contribution in [1.82, 2.24) is 34.2 Å². The molecule has 9 nitrogen and oxygen atoms in total. The fourth-order valence-electron chi connectivity index (χ4n) is 3.20. The first kappa shape index (κ1) is 17.5. The van der Waals surface area contributed by atoms with Crippen molar-refractivity contribution in [1.29, 1.82) is 0 Å². The Morgan fingerprint density at radius 1 is 1.04 bits per heavy atom. The van der Waals surface area contributed by atoms with Crippen LogP contribution < -0.4 is 4.90 Å². The molecule has 27 heavy (non-hydrogen) atoms. The van der Waals surface area contributed by atoms with Crippen LogP contribution in [0.15, 0.2) is 18.5 Å². The Morgan fingerprint density at radius 2 is 1.78 bits per heavy atom. The van der Waals surface area contributed by atoms with Crippen LogP contribution in [0.5, 0.6) is 0 Å². The SMILES string of the molecule is Cc1cc(C)n(-c2cc(N3CCN(C(=O)c4snnc4C)CC3)ncn2)n1. The molecule has 4 rings (SSSR count). The summed E-state index contributed by atoms with van der Waals surface area (Å²) < 4.78 is 5.68. The predicted molar refractivity (Wildman–Crippen MR) is 101 cm³/mol. The molecule has 0 radical (unpaired) electrons. The molecule has 1 amide bonds. The van der Waals surface area contributed by atoms with Crippen LogP contribution in [0.4, 0.5) is 5.82 Å². The van der Waals surface area contributed by atoms with E-state index < -0.39 is 0 Å². The van der Waals surface area contributed by atoms with Crippen molar-refractivity contribution < 1.29 is 4.79 Å². The fourth-order valence-corrected chi connectivity index (χ4v) is 3.82. The molecule has 0 N–H and O–H groups in total. The smallest absolute Gasteiger partial charge is 0.267 e. The number of nitrogens with zero attached hydrogens (tertiary/aromatic N) is 8. The number of carbonyl (C=O) groups excluding carboxylic acids is 1. The zero-order chi connectivity index (χ0) is 19.0. The number of rotatable bonds is 3. The maximum Gasteiger partial charge on any atom is 0.267 e. The van der Waals surface area contributed by atoms with Crippen LogP contribution >= 0.6 is 11.5 Å². The van der Waals surface area contributed by atoms with Gasteiger partial charge in [-0.3, -0.25) is 4.79 Å². The summed E-state index contributed by atoms with van der Waals surface area (Å²) in [5, 5.41) is 8.41. The number of amides is 1. The largest absolute Gasteiger partial charge is 0.353 e. The quantitative estimate of drug-likeness (QED) is 0.674. The minimum absolute atomic E-state index is 0.00756. The third kappa shape index (κ3) is 3.39. The molecule has 0 saturated carbocycles. The molecule has 10 heteroatoms. The summed E-state index contributed by atoms with van der Waals surface area (Å²) in [6.07, 6.45) is 1.56. The van der Waals surface area contributed by atoms with Gasteiger partial charge in [-0.15, -0.1) is 5.10 Å². The lowest BCUT2D eigenvalue weighted by atomic mass is 10.2. The van der Waals surface area contributed by atoms with Crippen LogP contribution in [-0.2, 0) is 0 Å². The van der Waals surface area contributed by atoms with E-state index >= 15 is 0 Å². The highest BCUT2D eigenvalue weighted by molar-refractivity contribution is 7.07. The normalized spacial score (nSPS) is 14.6. The lowest BCUT2D eigenvalue weighted by Gasteiger charge is -2.35. The number of hydrogen-bond acceptors (Lipinski definition) is 8. The molecule has 0 bridgehead atoms. The van der Waals surface area contributed by atoms with E-state index in [1.165, 1.54) is 0 Å². The summed E-state index contributed by atoms with van der Waals surface area (Å²) in [6.45, 7) is 8.47. The highest BCUT2D eigenvalue weighted by Gasteiger charge is 2.25. The number of anilines is 1. The van der Waals surface area contributed by atoms with Gasteiger partial charge in [-0.2, -0.15) is 5.10 Å². The third-order valence-corrected chi connectivity index (χ3v) is 5.42. The van der Waals surface area contributed by atoms with Crippen LogP contribution in [0.25, 0.3) is 5.82 Å². The molecule has 1 saturated heterocycles. The Hall–Kier alpha value is -2.88. The molecule has 0 atom stereocenters. The molecule has 0 unspecified atom stereocenters. The monoisotopic (exact) mass is 384 g/mol. The van der Waals surface area contributed by atoms with E-state index in [1.54, 1.807) is 6.33 Å². The third-order valence-electron chi connectivity index (χ3n) is 4.60. The Balaban J connectivity index is 1.47. The molecule has 3 aromatic rings. The fraction of sp³-hybridized carbons (Fsp3) is 0.412. The summed E-state index contributed by atoms with van der Waals surface area (Å²) in [5.74, 6) is 1.60. The molecule has 1 aliphatic heterocycles. The van der Waals surface area contributed by atoms with E-state index in [1.807, 2.05) is 42.5 Å². The van der Waals surface area contributed by atoms with Gasteiger partial charge in [-0.1, -0.05) is 4.49 Å². The van der Waals surface area contributed by atoms with Crippen molar-refractivity contribution in [2.75, 3.05) is 31.1 Å². The highest BCUT2D eigenvalue weighted by atomic mass is 32.1. The maximum atomic E-state index is 12.6. The number of carbonyl (C=O) groups is 1. The number of piperazine rings is 1. The minimum atomic E-state index is 0.00756. The van der Waals surface area contributed by atoms with E-state index in [0.717, 1.165) is 34.6 Å². The summed E-state index contributed by atoms with van der Waals surface area (Å²) in [6, 6.07) is 3.95. The standard InChI is InChI=1S/C17H20N8OS/c1-11-8-12(2)25(21-11)15-9-14(18-10-19-15)23-4-6-24(7-5-23)17(26)16-13(3)20-22-27-16/h8-10H,4-7H2,1-3H3. The Bertz CT molecular complexity index is 973. The number of aromatic nitrogens is 6. The summed E-state index contributed by atoms with van der Waals surface area (Å²) in [7, 11) is 0. The maximum absolute atomic E-state index is 12.6. The predicted octanol–water partition coefficient (Wildman–Crippen LogP) is 1.40. The second-order valence-electron chi connectivity index (χ2n) is 6.54. The van der Waals surface area contributed by atoms with E-state index in [-0.39, 0.29) is 5.91 Å². The Kier molecular flexibility index (Phi) is 4.56. The van der Waals surface area contributed by atoms with Gasteiger partial charge >= 0.3 is 0 Å². The zero-order valence-electron chi connectivity index (χ0n) is 15.5. The average Bonchev–Trinajstić information content (AvgIpc) is 3.26. The van der Waals surface area contributed by atoms with Crippen LogP contribution in [0.3, 0.4) is 0 Å². The first-order valence-corrected chi connectivity index (χ1v) is 9.49. The summed E-state index contributed by atoms with van der Waals surface area (Å²) in [5.41, 5.74) is 2.67. The molecule has 140 valence electrons.